The Bertz CT molecular complexity index is 909. The number of benzene rings is 1. The lowest BCUT2D eigenvalue weighted by atomic mass is 10.1. The smallest absolute Gasteiger partial charge is 0.343 e. The molecular weight excluding hydrogens is 341 g/mol. The molecule has 0 bridgehead atoms. The van der Waals surface area contributed by atoms with Crippen molar-refractivity contribution in [3.63, 3.8) is 0 Å². The van der Waals surface area contributed by atoms with Gasteiger partial charge in [0.2, 0.25) is 5.78 Å². The van der Waals surface area contributed by atoms with E-state index >= 15 is 0 Å². The summed E-state index contributed by atoms with van der Waals surface area (Å²) in [6.07, 6.45) is 1.76. The van der Waals surface area contributed by atoms with Gasteiger partial charge in [-0.1, -0.05) is 0 Å². The van der Waals surface area contributed by atoms with Gasteiger partial charge in [0.25, 0.3) is 0 Å². The van der Waals surface area contributed by atoms with Crippen molar-refractivity contribution < 1.29 is 18.7 Å². The molecule has 6 heteroatoms. The number of thiophene rings is 1. The Morgan fingerprint density at radius 2 is 1.88 bits per heavy atom. The third kappa shape index (κ3) is 3.00. The molecule has 0 radical (unpaired) electrons. The summed E-state index contributed by atoms with van der Waals surface area (Å²) in [4.78, 5) is 27.5. The number of ketones is 1. The highest BCUT2D eigenvalue weighted by Crippen LogP contribution is 2.36. The van der Waals surface area contributed by atoms with Crippen LogP contribution < -0.4 is 4.90 Å². The molecule has 128 valence electrons. The molecule has 4 nitrogen and oxygen atoms in total. The number of aryl methyl sites for hydroxylation is 1. The van der Waals surface area contributed by atoms with Crippen molar-refractivity contribution in [1.82, 2.24) is 0 Å². The Hall–Kier alpha value is -2.73. The number of halogens is 1. The lowest BCUT2D eigenvalue weighted by molar-refractivity contribution is -0.137. The van der Waals surface area contributed by atoms with E-state index in [1.54, 1.807) is 30.0 Å². The van der Waals surface area contributed by atoms with Crippen LogP contribution in [-0.2, 0) is 14.3 Å². The number of hydrogen-bond donors (Lipinski definition) is 0. The van der Waals surface area contributed by atoms with Crippen LogP contribution in [0.15, 0.2) is 52.7 Å². The maximum atomic E-state index is 13.3. The summed E-state index contributed by atoms with van der Waals surface area (Å²) in [6.45, 7) is 3.63. The first-order valence-corrected chi connectivity index (χ1v) is 8.47. The monoisotopic (exact) mass is 357 g/mol. The second kappa shape index (κ2) is 6.64. The number of methoxy groups -OCH3 is 1. The molecule has 1 aliphatic heterocycles. The van der Waals surface area contributed by atoms with E-state index in [4.69, 9.17) is 4.74 Å². The zero-order valence-corrected chi connectivity index (χ0v) is 14.8. The molecule has 1 aromatic carbocycles. The minimum Gasteiger partial charge on any atom is -0.465 e. The van der Waals surface area contributed by atoms with Crippen molar-refractivity contribution in [2.75, 3.05) is 12.0 Å². The largest absolute Gasteiger partial charge is 0.465 e. The number of hydrogen-bond acceptors (Lipinski definition) is 5. The van der Waals surface area contributed by atoms with Crippen LogP contribution in [0.2, 0.25) is 0 Å². The topological polar surface area (TPSA) is 46.6 Å². The Morgan fingerprint density at radius 3 is 2.44 bits per heavy atom. The van der Waals surface area contributed by atoms with E-state index in [0.717, 1.165) is 10.4 Å². The molecule has 0 saturated carbocycles. The molecule has 0 aliphatic carbocycles. The van der Waals surface area contributed by atoms with Gasteiger partial charge in [-0.3, -0.25) is 4.79 Å². The summed E-state index contributed by atoms with van der Waals surface area (Å²) in [6, 6.07) is 7.73. The quantitative estimate of drug-likeness (QED) is 0.472. The lowest BCUT2D eigenvalue weighted by Gasteiger charge is -2.21. The first-order valence-electron chi connectivity index (χ1n) is 7.59. The van der Waals surface area contributed by atoms with E-state index in [1.807, 2.05) is 18.4 Å². The third-order valence-corrected chi connectivity index (χ3v) is 5.01. The summed E-state index contributed by atoms with van der Waals surface area (Å²) in [7, 11) is 1.24. The van der Waals surface area contributed by atoms with E-state index in [0.29, 0.717) is 17.1 Å². The van der Waals surface area contributed by atoms with Gasteiger partial charge in [0.1, 0.15) is 11.4 Å². The standard InChI is InChI=1S/C19H16FNO3S/c1-11-8-9-25-16(11)10-15-18(22)17(19(23)24-3)12(2)21(15)14-6-4-13(20)5-7-14/h4-10H,1-3H3/b15-10+. The maximum Gasteiger partial charge on any atom is 0.343 e. The summed E-state index contributed by atoms with van der Waals surface area (Å²) in [5, 5.41) is 1.94. The summed E-state index contributed by atoms with van der Waals surface area (Å²) in [5.74, 6) is -1.45. The Morgan fingerprint density at radius 1 is 1.20 bits per heavy atom. The van der Waals surface area contributed by atoms with Crippen LogP contribution in [0.1, 0.15) is 17.4 Å². The Balaban J connectivity index is 2.17. The predicted molar refractivity (Wildman–Crippen MR) is 95.6 cm³/mol. The van der Waals surface area contributed by atoms with Gasteiger partial charge in [-0.2, -0.15) is 0 Å². The Kier molecular flexibility index (Phi) is 4.55. The van der Waals surface area contributed by atoms with E-state index in [1.165, 1.54) is 30.6 Å². The van der Waals surface area contributed by atoms with Crippen molar-refractivity contribution in [2.45, 2.75) is 13.8 Å². The first-order chi connectivity index (χ1) is 11.9. The fraction of sp³-hybridized carbons (Fsp3) is 0.158. The first kappa shape index (κ1) is 17.1. The molecule has 2 heterocycles. The van der Waals surface area contributed by atoms with Gasteiger partial charge < -0.3 is 9.64 Å². The average molecular weight is 357 g/mol. The molecule has 1 aromatic heterocycles. The Labute approximate surface area is 148 Å². The van der Waals surface area contributed by atoms with Gasteiger partial charge in [0, 0.05) is 16.3 Å². The van der Waals surface area contributed by atoms with E-state index in [9.17, 15) is 14.0 Å². The van der Waals surface area contributed by atoms with Crippen LogP contribution in [0.25, 0.3) is 6.08 Å². The second-order valence-corrected chi connectivity index (χ2v) is 6.54. The molecule has 2 aromatic rings. The number of esters is 1. The molecule has 0 N–H and O–H groups in total. The van der Waals surface area contributed by atoms with Crippen LogP contribution in [-0.4, -0.2) is 18.9 Å². The maximum absolute atomic E-state index is 13.3. The van der Waals surface area contributed by atoms with Crippen LogP contribution in [0.5, 0.6) is 0 Å². The number of allylic oxidation sites excluding steroid dienone is 2. The molecule has 3 rings (SSSR count). The molecule has 0 atom stereocenters. The highest BCUT2D eigenvalue weighted by molar-refractivity contribution is 7.11. The number of rotatable bonds is 3. The van der Waals surface area contributed by atoms with E-state index < -0.39 is 11.8 Å². The molecule has 1 aliphatic rings. The van der Waals surface area contributed by atoms with Gasteiger partial charge in [0.15, 0.2) is 0 Å². The second-order valence-electron chi connectivity index (χ2n) is 5.59. The van der Waals surface area contributed by atoms with Gasteiger partial charge >= 0.3 is 5.97 Å². The van der Waals surface area contributed by atoms with Crippen molar-refractivity contribution >= 4 is 34.9 Å². The van der Waals surface area contributed by atoms with Crippen molar-refractivity contribution in [2.24, 2.45) is 0 Å². The van der Waals surface area contributed by atoms with Gasteiger partial charge in [0.05, 0.1) is 12.8 Å². The number of anilines is 1. The average Bonchev–Trinajstić information content (AvgIpc) is 3.10. The minimum absolute atomic E-state index is 0.00714. The molecule has 0 amide bonds. The highest BCUT2D eigenvalue weighted by atomic mass is 32.1. The van der Waals surface area contributed by atoms with Crippen LogP contribution in [0, 0.1) is 12.7 Å². The minimum atomic E-state index is -0.680. The summed E-state index contributed by atoms with van der Waals surface area (Å²) >= 11 is 1.50. The van der Waals surface area contributed by atoms with Gasteiger partial charge in [-0.25, -0.2) is 9.18 Å². The summed E-state index contributed by atoms with van der Waals surface area (Å²) in [5.41, 5.74) is 2.44. The SMILES string of the molecule is COC(=O)C1=C(C)N(c2ccc(F)cc2)/C(=C/c2sccc2C)C1=O. The third-order valence-electron chi connectivity index (χ3n) is 4.04. The van der Waals surface area contributed by atoms with Gasteiger partial charge in [-0.15, -0.1) is 11.3 Å². The fourth-order valence-electron chi connectivity index (χ4n) is 2.74. The number of ether oxygens (including phenoxy) is 1. The van der Waals surface area contributed by atoms with E-state index in [2.05, 4.69) is 0 Å². The zero-order valence-electron chi connectivity index (χ0n) is 14.0. The van der Waals surface area contributed by atoms with Crippen LogP contribution >= 0.6 is 11.3 Å². The predicted octanol–water partition coefficient (Wildman–Crippen LogP) is 4.07. The van der Waals surface area contributed by atoms with Gasteiger partial charge in [-0.05, 0) is 61.2 Å². The molecule has 0 saturated heterocycles. The van der Waals surface area contributed by atoms with E-state index in [-0.39, 0.29) is 11.4 Å². The van der Waals surface area contributed by atoms with Crippen molar-refractivity contribution in [3.8, 4) is 0 Å². The highest BCUT2D eigenvalue weighted by Gasteiger charge is 2.38. The number of Topliss-reactive ketones (excluding diaryl/α,β-unsaturated/α-hetero) is 1. The van der Waals surface area contributed by atoms with Crippen molar-refractivity contribution in [1.29, 1.82) is 0 Å². The zero-order chi connectivity index (χ0) is 18.1. The van der Waals surface area contributed by atoms with Crippen molar-refractivity contribution in [3.05, 3.63) is 68.9 Å². The molecular formula is C19H16FNO3S. The molecule has 0 unspecified atom stereocenters. The van der Waals surface area contributed by atoms with Crippen LogP contribution in [0.3, 0.4) is 0 Å². The van der Waals surface area contributed by atoms with Crippen LogP contribution in [0.4, 0.5) is 10.1 Å². The molecule has 25 heavy (non-hydrogen) atoms. The number of nitrogens with zero attached hydrogens (tertiary/aromatic N) is 1. The normalized spacial score (nSPS) is 16.1. The summed E-state index contributed by atoms with van der Waals surface area (Å²) < 4.78 is 18.0. The fourth-order valence-corrected chi connectivity index (χ4v) is 3.59. The molecule has 0 spiro atoms. The molecule has 0 fully saturated rings. The number of carbonyl (C=O) groups is 2. The number of carbonyl (C=O) groups excluding carboxylic acids is 2. The lowest BCUT2D eigenvalue weighted by Crippen LogP contribution is -2.18.